The molecule has 0 aliphatic carbocycles. The highest BCUT2D eigenvalue weighted by atomic mass is 35.5. The molecule has 0 radical (unpaired) electrons. The topological polar surface area (TPSA) is 56.9 Å². The van der Waals surface area contributed by atoms with Gasteiger partial charge in [-0.3, -0.25) is 0 Å². The van der Waals surface area contributed by atoms with Gasteiger partial charge in [-0.25, -0.2) is 4.79 Å². The molecule has 0 aliphatic heterocycles. The van der Waals surface area contributed by atoms with Crippen LogP contribution in [-0.4, -0.2) is 17.6 Å². The van der Waals surface area contributed by atoms with Crippen molar-refractivity contribution in [2.45, 2.75) is 13.0 Å². The van der Waals surface area contributed by atoms with Crippen molar-refractivity contribution >= 4 is 40.1 Å². The average molecular weight is 362 g/mol. The third kappa shape index (κ3) is 4.02. The first-order valence-electron chi connectivity index (χ1n) is 7.64. The summed E-state index contributed by atoms with van der Waals surface area (Å²) in [6.07, 6.45) is 2.75. The fraction of sp³-hybridized carbons (Fsp3) is 0.167. The van der Waals surface area contributed by atoms with E-state index in [0.717, 1.165) is 17.5 Å². The predicted octanol–water partition coefficient (Wildman–Crippen LogP) is 4.52. The van der Waals surface area contributed by atoms with Crippen molar-refractivity contribution in [3.05, 3.63) is 69.8 Å². The van der Waals surface area contributed by atoms with Gasteiger partial charge in [0.25, 0.3) is 0 Å². The van der Waals surface area contributed by atoms with E-state index in [1.807, 2.05) is 30.5 Å². The molecule has 0 atom stereocenters. The standard InChI is InChI=1S/C18H17Cl2N3O/c19-15-6-5-12(9-16(15)20)10-23-18(24)21-8-7-13-11-22-17-4-2-1-3-14(13)17/h1-6,9,11,22H,7-8,10H2,(H2,21,23,24). The average Bonchev–Trinajstić information content (AvgIpc) is 2.99. The zero-order valence-corrected chi connectivity index (χ0v) is 14.4. The first kappa shape index (κ1) is 16.7. The molecule has 0 bridgehead atoms. The second-order valence-corrected chi connectivity index (χ2v) is 6.28. The van der Waals surface area contributed by atoms with Crippen molar-refractivity contribution < 1.29 is 4.79 Å². The number of rotatable bonds is 5. The Morgan fingerprint density at radius 2 is 1.88 bits per heavy atom. The first-order valence-corrected chi connectivity index (χ1v) is 8.39. The molecule has 0 aliphatic rings. The SMILES string of the molecule is O=C(NCCc1c[nH]c2ccccc12)NCc1ccc(Cl)c(Cl)c1. The van der Waals surface area contributed by atoms with Gasteiger partial charge in [0.1, 0.15) is 0 Å². The van der Waals surface area contributed by atoms with Crippen molar-refractivity contribution in [3.63, 3.8) is 0 Å². The summed E-state index contributed by atoms with van der Waals surface area (Å²) in [4.78, 5) is 15.1. The van der Waals surface area contributed by atoms with Crippen LogP contribution in [0.3, 0.4) is 0 Å². The Balaban J connectivity index is 1.46. The van der Waals surface area contributed by atoms with Crippen molar-refractivity contribution in [2.24, 2.45) is 0 Å². The van der Waals surface area contributed by atoms with Gasteiger partial charge < -0.3 is 15.6 Å². The van der Waals surface area contributed by atoms with E-state index in [1.165, 1.54) is 10.9 Å². The Bertz CT molecular complexity index is 860. The zero-order valence-electron chi connectivity index (χ0n) is 12.9. The number of carbonyl (C=O) groups is 1. The van der Waals surface area contributed by atoms with Crippen LogP contribution >= 0.6 is 23.2 Å². The summed E-state index contributed by atoms with van der Waals surface area (Å²) < 4.78 is 0. The number of halogens is 2. The van der Waals surface area contributed by atoms with E-state index in [-0.39, 0.29) is 6.03 Å². The number of hydrogen-bond acceptors (Lipinski definition) is 1. The number of amides is 2. The monoisotopic (exact) mass is 361 g/mol. The number of aromatic amines is 1. The minimum absolute atomic E-state index is 0.207. The largest absolute Gasteiger partial charge is 0.361 e. The normalized spacial score (nSPS) is 10.8. The summed E-state index contributed by atoms with van der Waals surface area (Å²) in [6, 6.07) is 13.2. The number of H-pyrrole nitrogens is 1. The van der Waals surface area contributed by atoms with Gasteiger partial charge >= 0.3 is 6.03 Å². The summed E-state index contributed by atoms with van der Waals surface area (Å²) in [5.74, 6) is 0. The van der Waals surface area contributed by atoms with Crippen molar-refractivity contribution in [3.8, 4) is 0 Å². The van der Waals surface area contributed by atoms with E-state index in [9.17, 15) is 4.79 Å². The Morgan fingerprint density at radius 1 is 1.04 bits per heavy atom. The lowest BCUT2D eigenvalue weighted by Gasteiger charge is -2.08. The predicted molar refractivity (Wildman–Crippen MR) is 98.7 cm³/mol. The Hall–Kier alpha value is -2.17. The molecule has 24 heavy (non-hydrogen) atoms. The number of hydrogen-bond donors (Lipinski definition) is 3. The van der Waals surface area contributed by atoms with Gasteiger partial charge in [-0.2, -0.15) is 0 Å². The summed E-state index contributed by atoms with van der Waals surface area (Å²) in [7, 11) is 0. The van der Waals surface area contributed by atoms with Gasteiger partial charge in [0.2, 0.25) is 0 Å². The molecule has 4 nitrogen and oxygen atoms in total. The van der Waals surface area contributed by atoms with Crippen molar-refractivity contribution in [1.29, 1.82) is 0 Å². The molecule has 3 rings (SSSR count). The van der Waals surface area contributed by atoms with Gasteiger partial charge in [-0.1, -0.05) is 47.5 Å². The van der Waals surface area contributed by atoms with Crippen LogP contribution in [0.1, 0.15) is 11.1 Å². The number of aromatic nitrogens is 1. The van der Waals surface area contributed by atoms with Crippen LogP contribution in [0.25, 0.3) is 10.9 Å². The second kappa shape index (κ2) is 7.60. The maximum Gasteiger partial charge on any atom is 0.315 e. The molecular formula is C18H17Cl2N3O. The minimum Gasteiger partial charge on any atom is -0.361 e. The molecule has 6 heteroatoms. The van der Waals surface area contributed by atoms with Gasteiger partial charge in [-0.15, -0.1) is 0 Å². The molecule has 0 spiro atoms. The lowest BCUT2D eigenvalue weighted by atomic mass is 10.1. The number of benzene rings is 2. The van der Waals surface area contributed by atoms with E-state index in [0.29, 0.717) is 23.1 Å². The van der Waals surface area contributed by atoms with Gasteiger partial charge in [0, 0.05) is 30.2 Å². The van der Waals surface area contributed by atoms with Crippen LogP contribution in [0.4, 0.5) is 4.79 Å². The molecule has 0 saturated heterocycles. The molecule has 0 saturated carbocycles. The molecule has 3 N–H and O–H groups in total. The summed E-state index contributed by atoms with van der Waals surface area (Å²) in [6.45, 7) is 0.963. The smallest absolute Gasteiger partial charge is 0.315 e. The molecule has 124 valence electrons. The number of carbonyl (C=O) groups excluding carboxylic acids is 1. The Kier molecular flexibility index (Phi) is 5.28. The van der Waals surface area contributed by atoms with Gasteiger partial charge in [0.15, 0.2) is 0 Å². The van der Waals surface area contributed by atoms with E-state index >= 15 is 0 Å². The summed E-state index contributed by atoms with van der Waals surface area (Å²) in [5, 5.41) is 7.84. The molecule has 2 aromatic carbocycles. The quantitative estimate of drug-likeness (QED) is 0.614. The summed E-state index contributed by atoms with van der Waals surface area (Å²) >= 11 is 11.8. The Morgan fingerprint density at radius 3 is 2.71 bits per heavy atom. The highest BCUT2D eigenvalue weighted by Crippen LogP contribution is 2.22. The van der Waals surface area contributed by atoms with Crippen molar-refractivity contribution in [2.75, 3.05) is 6.54 Å². The highest BCUT2D eigenvalue weighted by molar-refractivity contribution is 6.42. The van der Waals surface area contributed by atoms with Crippen LogP contribution in [0.15, 0.2) is 48.7 Å². The number of para-hydroxylation sites is 1. The van der Waals surface area contributed by atoms with Crippen LogP contribution in [0, 0.1) is 0 Å². The van der Waals surface area contributed by atoms with Crippen molar-refractivity contribution in [1.82, 2.24) is 15.6 Å². The fourth-order valence-corrected chi connectivity index (χ4v) is 2.86. The molecule has 2 amide bonds. The molecule has 0 unspecified atom stereocenters. The van der Waals surface area contributed by atoms with E-state index in [4.69, 9.17) is 23.2 Å². The van der Waals surface area contributed by atoms with Crippen LogP contribution in [0.2, 0.25) is 10.0 Å². The third-order valence-electron chi connectivity index (χ3n) is 3.79. The lowest BCUT2D eigenvalue weighted by molar-refractivity contribution is 0.240. The number of fused-ring (bicyclic) bond motifs is 1. The maximum atomic E-state index is 11.9. The lowest BCUT2D eigenvalue weighted by Crippen LogP contribution is -2.36. The van der Waals surface area contributed by atoms with Gasteiger partial charge in [-0.05, 0) is 35.7 Å². The second-order valence-electron chi connectivity index (χ2n) is 5.47. The van der Waals surface area contributed by atoms with E-state index in [1.54, 1.807) is 12.1 Å². The Labute approximate surface area is 150 Å². The first-order chi connectivity index (χ1) is 11.6. The summed E-state index contributed by atoms with van der Waals surface area (Å²) in [5.41, 5.74) is 3.20. The van der Waals surface area contributed by atoms with E-state index < -0.39 is 0 Å². The zero-order chi connectivity index (χ0) is 16.9. The molecule has 1 heterocycles. The highest BCUT2D eigenvalue weighted by Gasteiger charge is 2.05. The van der Waals surface area contributed by atoms with Crippen LogP contribution < -0.4 is 10.6 Å². The molecule has 1 aromatic heterocycles. The molecular weight excluding hydrogens is 345 g/mol. The minimum atomic E-state index is -0.207. The fourth-order valence-electron chi connectivity index (χ4n) is 2.54. The number of nitrogens with one attached hydrogen (secondary N) is 3. The van der Waals surface area contributed by atoms with E-state index in [2.05, 4.69) is 21.7 Å². The third-order valence-corrected chi connectivity index (χ3v) is 4.53. The van der Waals surface area contributed by atoms with Crippen LogP contribution in [0.5, 0.6) is 0 Å². The maximum absolute atomic E-state index is 11.9. The molecule has 3 aromatic rings. The number of urea groups is 1. The van der Waals surface area contributed by atoms with Crippen LogP contribution in [-0.2, 0) is 13.0 Å². The molecule has 0 fully saturated rings. The van der Waals surface area contributed by atoms with Gasteiger partial charge in [0.05, 0.1) is 10.0 Å².